The number of nitrogens with zero attached hydrogens (tertiary/aromatic N) is 1. The summed E-state index contributed by atoms with van der Waals surface area (Å²) in [6, 6.07) is 10.9. The molecule has 0 amide bonds. The van der Waals surface area contributed by atoms with Gasteiger partial charge < -0.3 is 10.4 Å². The number of rotatable bonds is 4. The van der Waals surface area contributed by atoms with Crippen molar-refractivity contribution in [1.82, 2.24) is 4.98 Å². The van der Waals surface area contributed by atoms with Crippen molar-refractivity contribution in [2.24, 2.45) is 0 Å². The fraction of sp³-hybridized carbons (Fsp3) is 0.143. The van der Waals surface area contributed by atoms with Crippen molar-refractivity contribution in [2.75, 3.05) is 5.32 Å². The molecule has 0 saturated carbocycles. The van der Waals surface area contributed by atoms with E-state index in [1.165, 1.54) is 6.07 Å². The molecule has 2 rings (SSSR count). The molecule has 0 bridgehead atoms. The van der Waals surface area contributed by atoms with Gasteiger partial charge in [0.2, 0.25) is 0 Å². The monoisotopic (exact) mass is 320 g/mol. The Balaban J connectivity index is 2.07. The third-order valence-corrected chi connectivity index (χ3v) is 3.53. The van der Waals surface area contributed by atoms with Gasteiger partial charge in [-0.2, -0.15) is 0 Å². The maximum Gasteiger partial charge on any atom is 0.354 e. The van der Waals surface area contributed by atoms with E-state index in [1.54, 1.807) is 12.1 Å². The van der Waals surface area contributed by atoms with E-state index in [9.17, 15) is 4.79 Å². The van der Waals surface area contributed by atoms with Crippen molar-refractivity contribution in [3.05, 3.63) is 57.8 Å². The number of carboxylic acid groups (broad SMARTS) is 1. The van der Waals surface area contributed by atoms with Crippen LogP contribution in [0.1, 0.15) is 21.7 Å². The summed E-state index contributed by atoms with van der Waals surface area (Å²) in [4.78, 5) is 14.9. The van der Waals surface area contributed by atoms with E-state index >= 15 is 0 Å². The number of carbonyl (C=O) groups is 1. The summed E-state index contributed by atoms with van der Waals surface area (Å²) in [6.45, 7) is 2.50. The topological polar surface area (TPSA) is 62.2 Å². The molecule has 19 heavy (non-hydrogen) atoms. The zero-order chi connectivity index (χ0) is 13.8. The quantitative estimate of drug-likeness (QED) is 0.905. The molecule has 0 saturated heterocycles. The predicted molar refractivity (Wildman–Crippen MR) is 77.4 cm³/mol. The molecule has 1 aromatic heterocycles. The number of anilines is 1. The number of hydrogen-bond acceptors (Lipinski definition) is 3. The number of aryl methyl sites for hydroxylation is 1. The van der Waals surface area contributed by atoms with Gasteiger partial charge >= 0.3 is 5.97 Å². The highest BCUT2D eigenvalue weighted by molar-refractivity contribution is 9.10. The minimum atomic E-state index is -1.01. The molecule has 0 aliphatic rings. The summed E-state index contributed by atoms with van der Waals surface area (Å²) < 4.78 is 1.03. The van der Waals surface area contributed by atoms with Crippen LogP contribution < -0.4 is 5.32 Å². The average Bonchev–Trinajstić information content (AvgIpc) is 2.40. The summed E-state index contributed by atoms with van der Waals surface area (Å²) >= 11 is 3.47. The highest BCUT2D eigenvalue weighted by Crippen LogP contribution is 2.20. The first-order valence-corrected chi connectivity index (χ1v) is 6.55. The third-order valence-electron chi connectivity index (χ3n) is 2.67. The van der Waals surface area contributed by atoms with Crippen LogP contribution in [-0.4, -0.2) is 16.1 Å². The molecule has 0 fully saturated rings. The van der Waals surface area contributed by atoms with Gasteiger partial charge in [-0.1, -0.05) is 28.1 Å². The molecule has 0 aliphatic carbocycles. The van der Waals surface area contributed by atoms with Gasteiger partial charge in [0, 0.05) is 10.2 Å². The normalized spacial score (nSPS) is 10.2. The van der Waals surface area contributed by atoms with E-state index < -0.39 is 5.97 Å². The maximum absolute atomic E-state index is 10.8. The first kappa shape index (κ1) is 13.5. The van der Waals surface area contributed by atoms with E-state index in [0.717, 1.165) is 15.7 Å². The Hall–Kier alpha value is -1.88. The minimum absolute atomic E-state index is 0.0596. The van der Waals surface area contributed by atoms with Crippen LogP contribution in [0, 0.1) is 6.92 Å². The highest BCUT2D eigenvalue weighted by Gasteiger charge is 2.05. The third kappa shape index (κ3) is 3.54. The molecule has 1 aromatic carbocycles. The number of aromatic nitrogens is 1. The Labute approximate surface area is 119 Å². The molecule has 0 radical (unpaired) electrons. The molecular formula is C14H13BrN2O2. The van der Waals surface area contributed by atoms with Gasteiger partial charge in [-0.25, -0.2) is 9.78 Å². The molecular weight excluding hydrogens is 308 g/mol. The van der Waals surface area contributed by atoms with Gasteiger partial charge in [0.15, 0.2) is 0 Å². The largest absolute Gasteiger partial charge is 0.477 e. The molecule has 0 aliphatic heterocycles. The first-order valence-electron chi connectivity index (χ1n) is 5.75. The molecule has 0 atom stereocenters. The molecule has 2 N–H and O–H groups in total. The lowest BCUT2D eigenvalue weighted by molar-refractivity contribution is 0.0690. The Morgan fingerprint density at radius 1 is 1.37 bits per heavy atom. The number of pyridine rings is 1. The molecule has 98 valence electrons. The van der Waals surface area contributed by atoms with Gasteiger partial charge in [-0.15, -0.1) is 0 Å². The van der Waals surface area contributed by atoms with Crippen LogP contribution in [0.25, 0.3) is 0 Å². The Morgan fingerprint density at radius 2 is 2.16 bits per heavy atom. The first-order chi connectivity index (χ1) is 9.06. The van der Waals surface area contributed by atoms with Crippen LogP contribution >= 0.6 is 15.9 Å². The number of halogens is 1. The van der Waals surface area contributed by atoms with E-state index in [1.807, 2.05) is 25.1 Å². The smallest absolute Gasteiger partial charge is 0.354 e. The number of benzene rings is 1. The standard InChI is InChI=1S/C14H13BrN2O2/c1-9-5-6-10(7-12(9)15)16-8-11-3-2-4-13(17-11)14(18)19/h2-7,16H,8H2,1H3,(H,18,19). The summed E-state index contributed by atoms with van der Waals surface area (Å²) in [5.41, 5.74) is 2.87. The van der Waals surface area contributed by atoms with Crippen LogP contribution in [0.15, 0.2) is 40.9 Å². The van der Waals surface area contributed by atoms with E-state index in [-0.39, 0.29) is 5.69 Å². The Morgan fingerprint density at radius 3 is 2.84 bits per heavy atom. The second-order valence-corrected chi connectivity index (χ2v) is 4.99. The fourth-order valence-corrected chi connectivity index (χ4v) is 1.97. The van der Waals surface area contributed by atoms with Crippen molar-refractivity contribution in [2.45, 2.75) is 13.5 Å². The second-order valence-electron chi connectivity index (χ2n) is 4.14. The lowest BCUT2D eigenvalue weighted by Crippen LogP contribution is -2.06. The molecule has 0 spiro atoms. The lowest BCUT2D eigenvalue weighted by Gasteiger charge is -2.08. The summed E-state index contributed by atoms with van der Waals surface area (Å²) in [6.07, 6.45) is 0. The SMILES string of the molecule is Cc1ccc(NCc2cccc(C(=O)O)n2)cc1Br. The molecule has 1 heterocycles. The predicted octanol–water partition coefficient (Wildman–Crippen LogP) is 3.46. The van der Waals surface area contributed by atoms with Gasteiger partial charge in [-0.05, 0) is 36.8 Å². The number of hydrogen-bond donors (Lipinski definition) is 2. The molecule has 4 nitrogen and oxygen atoms in total. The Kier molecular flexibility index (Phi) is 4.16. The zero-order valence-corrected chi connectivity index (χ0v) is 11.9. The number of carboxylic acids is 1. The maximum atomic E-state index is 10.8. The average molecular weight is 321 g/mol. The van der Waals surface area contributed by atoms with Crippen molar-refractivity contribution < 1.29 is 9.90 Å². The zero-order valence-electron chi connectivity index (χ0n) is 10.4. The van der Waals surface area contributed by atoms with Crippen LogP contribution in [0.5, 0.6) is 0 Å². The van der Waals surface area contributed by atoms with Crippen molar-refractivity contribution in [3.63, 3.8) is 0 Å². The Bertz CT molecular complexity index is 614. The summed E-state index contributed by atoms with van der Waals surface area (Å²) in [5.74, 6) is -1.01. The van der Waals surface area contributed by atoms with Crippen LogP contribution in [0.3, 0.4) is 0 Å². The van der Waals surface area contributed by atoms with Crippen molar-refractivity contribution >= 4 is 27.6 Å². The number of nitrogens with one attached hydrogen (secondary N) is 1. The molecule has 5 heteroatoms. The van der Waals surface area contributed by atoms with Gasteiger partial charge in [0.1, 0.15) is 5.69 Å². The molecule has 0 unspecified atom stereocenters. The van der Waals surface area contributed by atoms with Crippen molar-refractivity contribution in [1.29, 1.82) is 0 Å². The van der Waals surface area contributed by atoms with Crippen molar-refractivity contribution in [3.8, 4) is 0 Å². The van der Waals surface area contributed by atoms with Crippen LogP contribution in [0.2, 0.25) is 0 Å². The fourth-order valence-electron chi connectivity index (χ4n) is 1.59. The minimum Gasteiger partial charge on any atom is -0.477 e. The van der Waals surface area contributed by atoms with Gasteiger partial charge in [0.25, 0.3) is 0 Å². The van der Waals surface area contributed by atoms with E-state index in [4.69, 9.17) is 5.11 Å². The van der Waals surface area contributed by atoms with Gasteiger partial charge in [-0.3, -0.25) is 0 Å². The number of aromatic carboxylic acids is 1. The van der Waals surface area contributed by atoms with Crippen LogP contribution in [0.4, 0.5) is 5.69 Å². The van der Waals surface area contributed by atoms with E-state index in [0.29, 0.717) is 12.2 Å². The second kappa shape index (κ2) is 5.84. The van der Waals surface area contributed by atoms with Crippen LogP contribution in [-0.2, 0) is 6.54 Å². The van der Waals surface area contributed by atoms with Gasteiger partial charge in [0.05, 0.1) is 12.2 Å². The van der Waals surface area contributed by atoms with E-state index in [2.05, 4.69) is 26.2 Å². The highest BCUT2D eigenvalue weighted by atomic mass is 79.9. The summed E-state index contributed by atoms with van der Waals surface area (Å²) in [5, 5.41) is 12.1. The molecule has 2 aromatic rings. The summed E-state index contributed by atoms with van der Waals surface area (Å²) in [7, 11) is 0. The lowest BCUT2D eigenvalue weighted by atomic mass is 10.2.